The van der Waals surface area contributed by atoms with E-state index >= 15 is 0 Å². The molecular weight excluding hydrogens is 286 g/mol. The summed E-state index contributed by atoms with van der Waals surface area (Å²) in [6, 6.07) is 5.38. The van der Waals surface area contributed by atoms with E-state index in [0.29, 0.717) is 0 Å². The fraction of sp³-hybridized carbons (Fsp3) is 0.333. The summed E-state index contributed by atoms with van der Waals surface area (Å²) in [4.78, 5) is 21.7. The van der Waals surface area contributed by atoms with Crippen LogP contribution in [0.3, 0.4) is 0 Å². The minimum atomic E-state index is -3.84. The zero-order valence-electron chi connectivity index (χ0n) is 11.1. The molecule has 0 radical (unpaired) electrons. The molecule has 1 aromatic rings. The highest BCUT2D eigenvalue weighted by atomic mass is 32.2. The molecule has 0 amide bonds. The predicted molar refractivity (Wildman–Crippen MR) is 69.9 cm³/mol. The molecular formula is C12H15NO6S. The van der Waals surface area contributed by atoms with E-state index in [4.69, 9.17) is 5.11 Å². The number of hydrogen-bond acceptors (Lipinski definition) is 5. The van der Waals surface area contributed by atoms with Gasteiger partial charge in [-0.2, -0.15) is 0 Å². The Morgan fingerprint density at radius 3 is 2.55 bits per heavy atom. The first kappa shape index (κ1) is 16.1. The lowest BCUT2D eigenvalue weighted by molar-refractivity contribution is -0.137. The molecule has 110 valence electrons. The molecule has 0 spiro atoms. The first-order valence-corrected chi connectivity index (χ1v) is 7.09. The van der Waals surface area contributed by atoms with Gasteiger partial charge in [0, 0.05) is 13.6 Å². The van der Waals surface area contributed by atoms with Gasteiger partial charge in [0.05, 0.1) is 24.0 Å². The van der Waals surface area contributed by atoms with E-state index in [1.807, 2.05) is 0 Å². The molecule has 8 heteroatoms. The molecule has 1 aromatic carbocycles. The second-order valence-corrected chi connectivity index (χ2v) is 6.03. The topological polar surface area (TPSA) is 101 Å². The molecule has 1 N–H and O–H groups in total. The van der Waals surface area contributed by atoms with Gasteiger partial charge in [-0.05, 0) is 18.2 Å². The zero-order valence-corrected chi connectivity index (χ0v) is 11.9. The standard InChI is InChI=1S/C12H15NO6S/c1-13(7-6-11(14)15)20(17,18)10-5-3-4-9(8-10)12(16)19-2/h3-5,8H,6-7H2,1-2H3,(H,14,15). The van der Waals surface area contributed by atoms with Gasteiger partial charge in [-0.25, -0.2) is 17.5 Å². The van der Waals surface area contributed by atoms with Gasteiger partial charge < -0.3 is 9.84 Å². The highest BCUT2D eigenvalue weighted by Gasteiger charge is 2.22. The van der Waals surface area contributed by atoms with Gasteiger partial charge in [0.15, 0.2) is 0 Å². The van der Waals surface area contributed by atoms with E-state index in [1.54, 1.807) is 0 Å². The molecule has 0 aliphatic carbocycles. The molecule has 0 heterocycles. The van der Waals surface area contributed by atoms with Crippen molar-refractivity contribution in [2.75, 3.05) is 20.7 Å². The number of benzene rings is 1. The Labute approximate surface area is 116 Å². The summed E-state index contributed by atoms with van der Waals surface area (Å²) in [6.45, 7) is -0.153. The van der Waals surface area contributed by atoms with Crippen LogP contribution < -0.4 is 0 Å². The summed E-state index contributed by atoms with van der Waals surface area (Å²) >= 11 is 0. The molecule has 0 atom stereocenters. The maximum Gasteiger partial charge on any atom is 0.337 e. The molecule has 0 aromatic heterocycles. The fourth-order valence-electron chi connectivity index (χ4n) is 1.45. The van der Waals surface area contributed by atoms with E-state index in [-0.39, 0.29) is 23.4 Å². The van der Waals surface area contributed by atoms with Crippen molar-refractivity contribution in [2.45, 2.75) is 11.3 Å². The quantitative estimate of drug-likeness (QED) is 0.771. The normalized spacial score (nSPS) is 11.3. The number of esters is 1. The molecule has 1 rings (SSSR count). The summed E-state index contributed by atoms with van der Waals surface area (Å²) in [5.74, 6) is -1.73. The van der Waals surface area contributed by atoms with E-state index < -0.39 is 22.0 Å². The van der Waals surface area contributed by atoms with Crippen LogP contribution in [-0.4, -0.2) is 50.5 Å². The number of aliphatic carboxylic acids is 1. The lowest BCUT2D eigenvalue weighted by atomic mass is 10.2. The van der Waals surface area contributed by atoms with Gasteiger partial charge in [0.2, 0.25) is 10.0 Å². The van der Waals surface area contributed by atoms with Crippen LogP contribution in [0.4, 0.5) is 0 Å². The third-order valence-electron chi connectivity index (χ3n) is 2.60. The van der Waals surface area contributed by atoms with Crippen LogP contribution in [0.15, 0.2) is 29.2 Å². The predicted octanol–water partition coefficient (Wildman–Crippen LogP) is 0.568. The van der Waals surface area contributed by atoms with Gasteiger partial charge in [-0.1, -0.05) is 6.07 Å². The van der Waals surface area contributed by atoms with Crippen LogP contribution in [-0.2, 0) is 19.6 Å². The van der Waals surface area contributed by atoms with E-state index in [9.17, 15) is 18.0 Å². The second kappa shape index (κ2) is 6.49. The Hall–Kier alpha value is -1.93. The summed E-state index contributed by atoms with van der Waals surface area (Å²) < 4.78 is 29.8. The third-order valence-corrected chi connectivity index (χ3v) is 4.46. The van der Waals surface area contributed by atoms with Crippen molar-refractivity contribution in [3.8, 4) is 0 Å². The maximum atomic E-state index is 12.2. The molecule has 0 bridgehead atoms. The zero-order chi connectivity index (χ0) is 15.3. The van der Waals surface area contributed by atoms with Crippen molar-refractivity contribution in [2.24, 2.45) is 0 Å². The average molecular weight is 301 g/mol. The number of carboxylic acids is 1. The number of methoxy groups -OCH3 is 1. The molecule has 0 saturated heterocycles. The molecule has 0 unspecified atom stereocenters. The number of hydrogen-bond donors (Lipinski definition) is 1. The number of rotatable bonds is 6. The molecule has 0 saturated carbocycles. The molecule has 0 aliphatic heterocycles. The van der Waals surface area contributed by atoms with Crippen molar-refractivity contribution in [3.05, 3.63) is 29.8 Å². The minimum Gasteiger partial charge on any atom is -0.481 e. The van der Waals surface area contributed by atoms with Crippen LogP contribution in [0.5, 0.6) is 0 Å². The smallest absolute Gasteiger partial charge is 0.337 e. The SMILES string of the molecule is COC(=O)c1cccc(S(=O)(=O)N(C)CCC(=O)O)c1. The number of ether oxygens (including phenoxy) is 1. The highest BCUT2D eigenvalue weighted by Crippen LogP contribution is 2.16. The van der Waals surface area contributed by atoms with Crippen LogP contribution in [0.1, 0.15) is 16.8 Å². The summed E-state index contributed by atoms with van der Waals surface area (Å²) in [6.07, 6.45) is -0.299. The Bertz CT molecular complexity index is 610. The van der Waals surface area contributed by atoms with Crippen molar-refractivity contribution in [3.63, 3.8) is 0 Å². The average Bonchev–Trinajstić information content (AvgIpc) is 2.43. The number of carbonyl (C=O) groups is 2. The summed E-state index contributed by atoms with van der Waals surface area (Å²) in [5.41, 5.74) is 0.111. The fourth-order valence-corrected chi connectivity index (χ4v) is 2.67. The lowest BCUT2D eigenvalue weighted by Gasteiger charge is -2.16. The van der Waals surface area contributed by atoms with Gasteiger partial charge in [0.1, 0.15) is 0 Å². The Kier molecular flexibility index (Phi) is 5.23. The molecule has 7 nitrogen and oxygen atoms in total. The molecule has 0 aliphatic rings. The number of sulfonamides is 1. The largest absolute Gasteiger partial charge is 0.481 e. The third kappa shape index (κ3) is 3.78. The van der Waals surface area contributed by atoms with Crippen LogP contribution in [0.2, 0.25) is 0 Å². The van der Waals surface area contributed by atoms with E-state index in [1.165, 1.54) is 38.4 Å². The van der Waals surface area contributed by atoms with Crippen LogP contribution in [0.25, 0.3) is 0 Å². The Morgan fingerprint density at radius 1 is 1.35 bits per heavy atom. The van der Waals surface area contributed by atoms with E-state index in [2.05, 4.69) is 4.74 Å². The first-order chi connectivity index (χ1) is 9.28. The number of carboxylic acid groups (broad SMARTS) is 1. The van der Waals surface area contributed by atoms with Gasteiger partial charge in [-0.3, -0.25) is 4.79 Å². The van der Waals surface area contributed by atoms with Gasteiger partial charge >= 0.3 is 11.9 Å². The van der Waals surface area contributed by atoms with Crippen LogP contribution in [0, 0.1) is 0 Å². The summed E-state index contributed by atoms with van der Waals surface area (Å²) in [5, 5.41) is 8.56. The first-order valence-electron chi connectivity index (χ1n) is 5.65. The van der Waals surface area contributed by atoms with Gasteiger partial charge in [-0.15, -0.1) is 0 Å². The Balaban J connectivity index is 3.03. The minimum absolute atomic E-state index is 0.0895. The molecule has 20 heavy (non-hydrogen) atoms. The van der Waals surface area contributed by atoms with Crippen molar-refractivity contribution in [1.29, 1.82) is 0 Å². The monoisotopic (exact) mass is 301 g/mol. The lowest BCUT2D eigenvalue weighted by Crippen LogP contribution is -2.29. The Morgan fingerprint density at radius 2 is 2.00 bits per heavy atom. The highest BCUT2D eigenvalue weighted by molar-refractivity contribution is 7.89. The van der Waals surface area contributed by atoms with Crippen molar-refractivity contribution >= 4 is 22.0 Å². The van der Waals surface area contributed by atoms with Crippen molar-refractivity contribution in [1.82, 2.24) is 4.31 Å². The number of carbonyl (C=O) groups excluding carboxylic acids is 1. The van der Waals surface area contributed by atoms with Crippen LogP contribution >= 0.6 is 0 Å². The summed E-state index contributed by atoms with van der Waals surface area (Å²) in [7, 11) is -1.36. The number of nitrogens with zero attached hydrogens (tertiary/aromatic N) is 1. The van der Waals surface area contributed by atoms with Crippen molar-refractivity contribution < 1.29 is 27.9 Å². The second-order valence-electron chi connectivity index (χ2n) is 3.99. The maximum absolute atomic E-state index is 12.2. The van der Waals surface area contributed by atoms with Gasteiger partial charge in [0.25, 0.3) is 0 Å². The molecule has 0 fully saturated rings. The van der Waals surface area contributed by atoms with E-state index in [0.717, 1.165) is 4.31 Å².